The van der Waals surface area contributed by atoms with Crippen LogP contribution in [-0.2, 0) is 14.4 Å². The lowest BCUT2D eigenvalue weighted by Crippen LogP contribution is -2.27. The molecule has 1 aliphatic heterocycles. The first-order chi connectivity index (χ1) is 16.0. The maximum Gasteiger partial charge on any atom is 0.252 e. The van der Waals surface area contributed by atoms with Crippen LogP contribution in [0.25, 0.3) is 0 Å². The molecule has 0 spiro atoms. The standard InChI is InChI=1S/C23H19Cl5N2O4/c1-2-30-22(33)12(10-34-30)7-18(31)16-9-15(3-4-17(16)26)29-21(32)20-19(23(20,27)28)11-5-13(24)8-14(25)6-11/h3-6,8-9,12,19-20H,2,7,10H2,1H3,(H,29,32)/t12-,19?,20?/m1/s1. The lowest BCUT2D eigenvalue weighted by molar-refractivity contribution is -0.160. The zero-order chi connectivity index (χ0) is 24.8. The normalized spacial score (nSPS) is 23.2. The highest BCUT2D eigenvalue weighted by Gasteiger charge is 2.67. The molecule has 180 valence electrons. The number of hydroxylamine groups is 2. The Labute approximate surface area is 221 Å². The Balaban J connectivity index is 1.47. The van der Waals surface area contributed by atoms with Crippen molar-refractivity contribution in [3.05, 3.63) is 62.6 Å². The molecule has 1 N–H and O–H groups in total. The maximum absolute atomic E-state index is 13.0. The topological polar surface area (TPSA) is 75.7 Å². The Morgan fingerprint density at radius 2 is 1.79 bits per heavy atom. The number of ketones is 1. The van der Waals surface area contributed by atoms with Gasteiger partial charge < -0.3 is 5.32 Å². The van der Waals surface area contributed by atoms with E-state index in [0.717, 1.165) is 0 Å². The number of hydrogen-bond donors (Lipinski definition) is 1. The van der Waals surface area contributed by atoms with Crippen molar-refractivity contribution in [2.75, 3.05) is 18.5 Å². The van der Waals surface area contributed by atoms with Gasteiger partial charge in [0.25, 0.3) is 5.91 Å². The van der Waals surface area contributed by atoms with Crippen molar-refractivity contribution in [3.63, 3.8) is 0 Å². The fourth-order valence-electron chi connectivity index (χ4n) is 4.10. The van der Waals surface area contributed by atoms with Gasteiger partial charge in [0.05, 0.1) is 23.5 Å². The van der Waals surface area contributed by atoms with Gasteiger partial charge in [0.1, 0.15) is 4.33 Å². The SMILES string of the molecule is CCN1OC[C@@H](CC(=O)c2cc(NC(=O)C3C(c4cc(Cl)cc(Cl)c4)C3(Cl)Cl)ccc2Cl)C1=O. The number of anilines is 1. The van der Waals surface area contributed by atoms with Gasteiger partial charge in [-0.2, -0.15) is 0 Å². The van der Waals surface area contributed by atoms with Crippen molar-refractivity contribution in [1.29, 1.82) is 0 Å². The Hall–Kier alpha value is -1.54. The molecule has 2 aliphatic rings. The van der Waals surface area contributed by atoms with Gasteiger partial charge in [-0.15, -0.1) is 23.2 Å². The molecule has 1 aliphatic carbocycles. The monoisotopic (exact) mass is 562 g/mol. The average molecular weight is 565 g/mol. The van der Waals surface area contributed by atoms with Gasteiger partial charge in [0, 0.05) is 40.2 Å². The van der Waals surface area contributed by atoms with E-state index in [1.165, 1.54) is 17.2 Å². The van der Waals surface area contributed by atoms with Gasteiger partial charge in [-0.3, -0.25) is 19.2 Å². The number of benzene rings is 2. The molecular weight excluding hydrogens is 546 g/mol. The van der Waals surface area contributed by atoms with Crippen LogP contribution in [-0.4, -0.2) is 40.1 Å². The number of amides is 2. The second-order valence-electron chi connectivity index (χ2n) is 8.17. The molecule has 0 radical (unpaired) electrons. The number of nitrogens with zero attached hydrogens (tertiary/aromatic N) is 1. The van der Waals surface area contributed by atoms with Crippen LogP contribution in [0.5, 0.6) is 0 Å². The fraction of sp³-hybridized carbons (Fsp3) is 0.348. The summed E-state index contributed by atoms with van der Waals surface area (Å²) in [6.07, 6.45) is -0.0564. The van der Waals surface area contributed by atoms with Crippen LogP contribution in [0.4, 0.5) is 5.69 Å². The lowest BCUT2D eigenvalue weighted by Gasteiger charge is -2.12. The van der Waals surface area contributed by atoms with Crippen LogP contribution in [0, 0.1) is 11.8 Å². The molecule has 6 nitrogen and oxygen atoms in total. The van der Waals surface area contributed by atoms with Crippen LogP contribution in [0.1, 0.15) is 35.2 Å². The Bertz CT molecular complexity index is 1150. The predicted molar refractivity (Wildman–Crippen MR) is 133 cm³/mol. The molecule has 2 fully saturated rings. The van der Waals surface area contributed by atoms with E-state index in [9.17, 15) is 14.4 Å². The summed E-state index contributed by atoms with van der Waals surface area (Å²) in [7, 11) is 0. The van der Waals surface area contributed by atoms with Crippen molar-refractivity contribution in [3.8, 4) is 0 Å². The summed E-state index contributed by atoms with van der Waals surface area (Å²) in [6.45, 7) is 2.32. The molecule has 0 aromatic heterocycles. The van der Waals surface area contributed by atoms with Gasteiger partial charge >= 0.3 is 0 Å². The quantitative estimate of drug-likeness (QED) is 0.323. The van der Waals surface area contributed by atoms with Crippen molar-refractivity contribution >= 4 is 81.3 Å². The third-order valence-corrected chi connectivity index (χ3v) is 7.57. The van der Waals surface area contributed by atoms with E-state index in [0.29, 0.717) is 27.8 Å². The minimum absolute atomic E-state index is 0.0564. The molecule has 3 atom stereocenters. The molecule has 0 bridgehead atoms. The molecule has 1 saturated carbocycles. The maximum atomic E-state index is 13.0. The van der Waals surface area contributed by atoms with Crippen molar-refractivity contribution in [2.45, 2.75) is 23.6 Å². The van der Waals surface area contributed by atoms with Crippen LogP contribution < -0.4 is 5.32 Å². The highest BCUT2D eigenvalue weighted by Crippen LogP contribution is 2.65. The van der Waals surface area contributed by atoms with E-state index in [-0.39, 0.29) is 35.3 Å². The van der Waals surface area contributed by atoms with Gasteiger partial charge in [0.15, 0.2) is 5.78 Å². The molecule has 1 heterocycles. The molecule has 2 amide bonds. The molecule has 4 rings (SSSR count). The molecule has 11 heteroatoms. The van der Waals surface area contributed by atoms with Gasteiger partial charge in [-0.25, -0.2) is 5.06 Å². The Morgan fingerprint density at radius 3 is 2.41 bits per heavy atom. The molecule has 34 heavy (non-hydrogen) atoms. The van der Waals surface area contributed by atoms with Crippen LogP contribution in [0.15, 0.2) is 36.4 Å². The van der Waals surface area contributed by atoms with Crippen LogP contribution in [0.3, 0.4) is 0 Å². The minimum Gasteiger partial charge on any atom is -0.326 e. The summed E-state index contributed by atoms with van der Waals surface area (Å²) >= 11 is 31.2. The number of hydrogen-bond acceptors (Lipinski definition) is 4. The van der Waals surface area contributed by atoms with Gasteiger partial charge in [-0.05, 0) is 48.9 Å². The average Bonchev–Trinajstić information content (AvgIpc) is 3.18. The first-order valence-electron chi connectivity index (χ1n) is 10.4. The molecule has 2 unspecified atom stereocenters. The van der Waals surface area contributed by atoms with Crippen LogP contribution >= 0.6 is 58.0 Å². The number of rotatable bonds is 7. The molecule has 1 saturated heterocycles. The van der Waals surface area contributed by atoms with E-state index in [1.807, 2.05) is 0 Å². The third-order valence-electron chi connectivity index (χ3n) is 5.86. The number of carbonyl (C=O) groups is 3. The predicted octanol–water partition coefficient (Wildman–Crippen LogP) is 6.16. The first-order valence-corrected chi connectivity index (χ1v) is 12.3. The van der Waals surface area contributed by atoms with Crippen molar-refractivity contribution < 1.29 is 19.2 Å². The van der Waals surface area contributed by atoms with Gasteiger partial charge in [-0.1, -0.05) is 34.8 Å². The number of carbonyl (C=O) groups excluding carboxylic acids is 3. The van der Waals surface area contributed by atoms with E-state index in [4.69, 9.17) is 62.8 Å². The number of halogens is 5. The number of nitrogens with one attached hydrogen (secondary N) is 1. The highest BCUT2D eigenvalue weighted by atomic mass is 35.5. The lowest BCUT2D eigenvalue weighted by atomic mass is 9.98. The summed E-state index contributed by atoms with van der Waals surface area (Å²) in [5.41, 5.74) is 1.19. The summed E-state index contributed by atoms with van der Waals surface area (Å²) < 4.78 is -1.34. The van der Waals surface area contributed by atoms with Crippen LogP contribution in [0.2, 0.25) is 15.1 Å². The van der Waals surface area contributed by atoms with E-state index < -0.39 is 28.0 Å². The van der Waals surface area contributed by atoms with E-state index in [1.54, 1.807) is 31.2 Å². The minimum atomic E-state index is -1.34. The highest BCUT2D eigenvalue weighted by molar-refractivity contribution is 6.53. The largest absolute Gasteiger partial charge is 0.326 e. The van der Waals surface area contributed by atoms with E-state index >= 15 is 0 Å². The fourth-order valence-corrected chi connectivity index (χ4v) is 5.70. The smallest absolute Gasteiger partial charge is 0.252 e. The molecular formula is C23H19Cl5N2O4. The summed E-state index contributed by atoms with van der Waals surface area (Å²) in [5, 5.41) is 5.01. The van der Waals surface area contributed by atoms with Crippen molar-refractivity contribution in [1.82, 2.24) is 5.06 Å². The zero-order valence-electron chi connectivity index (χ0n) is 17.8. The molecule has 2 aromatic rings. The first kappa shape index (κ1) is 25.5. The summed E-state index contributed by atoms with van der Waals surface area (Å²) in [4.78, 5) is 43.4. The van der Waals surface area contributed by atoms with E-state index in [2.05, 4.69) is 5.32 Å². The number of alkyl halides is 2. The zero-order valence-corrected chi connectivity index (χ0v) is 21.6. The van der Waals surface area contributed by atoms with Gasteiger partial charge in [0.2, 0.25) is 5.91 Å². The van der Waals surface area contributed by atoms with Crippen molar-refractivity contribution in [2.24, 2.45) is 11.8 Å². The Kier molecular flexibility index (Phi) is 7.40. The second kappa shape index (κ2) is 9.84. The third kappa shape index (κ3) is 5.03. The molecule has 2 aromatic carbocycles. The Morgan fingerprint density at radius 1 is 1.12 bits per heavy atom. The number of Topliss-reactive ketones (excluding diaryl/α,β-unsaturated/α-hetero) is 1. The summed E-state index contributed by atoms with van der Waals surface area (Å²) in [6, 6.07) is 9.45. The second-order valence-corrected chi connectivity index (χ2v) is 10.9. The summed E-state index contributed by atoms with van der Waals surface area (Å²) in [5.74, 6) is -2.83.